The van der Waals surface area contributed by atoms with Crippen LogP contribution in [0.2, 0.25) is 0 Å². The molecule has 18 heavy (non-hydrogen) atoms. The summed E-state index contributed by atoms with van der Waals surface area (Å²) in [6, 6.07) is 11.0. The van der Waals surface area contributed by atoms with Crippen LogP contribution in [0.5, 0.6) is 5.75 Å². The molecule has 0 N–H and O–H groups in total. The number of para-hydroxylation sites is 1. The van der Waals surface area contributed by atoms with Crippen LogP contribution >= 0.6 is 0 Å². The van der Waals surface area contributed by atoms with Gasteiger partial charge in [0.2, 0.25) is 0 Å². The van der Waals surface area contributed by atoms with Gasteiger partial charge >= 0.3 is 0 Å². The number of ether oxygens (including phenoxy) is 1. The molecule has 0 spiro atoms. The van der Waals surface area contributed by atoms with Crippen LogP contribution in [0.3, 0.4) is 0 Å². The number of hydrogen-bond donors (Lipinski definition) is 0. The van der Waals surface area contributed by atoms with E-state index in [1.165, 1.54) is 6.20 Å². The Bertz CT molecular complexity index is 667. The van der Waals surface area contributed by atoms with E-state index in [0.29, 0.717) is 11.4 Å². The number of benzene rings is 1. The van der Waals surface area contributed by atoms with Crippen LogP contribution in [0.25, 0.3) is 11.3 Å². The number of aromatic nitrogens is 2. The van der Waals surface area contributed by atoms with E-state index in [9.17, 15) is 0 Å². The average Bonchev–Trinajstić information content (AvgIpc) is 2.46. The zero-order valence-corrected chi connectivity index (χ0v) is 9.58. The van der Waals surface area contributed by atoms with Gasteiger partial charge in [0.1, 0.15) is 17.9 Å². The van der Waals surface area contributed by atoms with Crippen LogP contribution in [0.4, 0.5) is 0 Å². The van der Waals surface area contributed by atoms with E-state index in [1.54, 1.807) is 13.2 Å². The lowest BCUT2D eigenvalue weighted by Gasteiger charge is -2.07. The zero-order valence-electron chi connectivity index (χ0n) is 9.58. The summed E-state index contributed by atoms with van der Waals surface area (Å²) in [6.45, 7) is 0. The molecule has 0 aliphatic rings. The number of methoxy groups -OCH3 is 1. The van der Waals surface area contributed by atoms with Crippen LogP contribution < -0.4 is 4.74 Å². The molecule has 1 aromatic heterocycles. The van der Waals surface area contributed by atoms with E-state index in [0.717, 1.165) is 5.56 Å². The molecule has 0 fully saturated rings. The van der Waals surface area contributed by atoms with E-state index < -0.39 is 0 Å². The highest BCUT2D eigenvalue weighted by Crippen LogP contribution is 2.27. The predicted molar refractivity (Wildman–Crippen MR) is 63.5 cm³/mol. The molecule has 2 aromatic rings. The first-order valence-electron chi connectivity index (χ1n) is 5.10. The minimum absolute atomic E-state index is 0.0147. The summed E-state index contributed by atoms with van der Waals surface area (Å²) in [7, 11) is 1.56. The molecule has 0 saturated heterocycles. The molecule has 5 heteroatoms. The third kappa shape index (κ3) is 1.98. The Kier molecular flexibility index (Phi) is 3.17. The predicted octanol–water partition coefficient (Wildman–Crippen LogP) is 1.90. The van der Waals surface area contributed by atoms with E-state index in [-0.39, 0.29) is 11.4 Å². The van der Waals surface area contributed by atoms with Crippen molar-refractivity contribution in [2.45, 2.75) is 0 Å². The first-order chi connectivity index (χ1) is 8.80. The lowest BCUT2D eigenvalue weighted by atomic mass is 10.1. The first kappa shape index (κ1) is 11.6. The molecule has 2 rings (SSSR count). The van der Waals surface area contributed by atoms with Gasteiger partial charge in [-0.25, -0.2) is 9.97 Å². The number of nitriles is 2. The summed E-state index contributed by atoms with van der Waals surface area (Å²) in [6.07, 6.45) is 1.46. The van der Waals surface area contributed by atoms with Crippen molar-refractivity contribution in [2.75, 3.05) is 7.11 Å². The average molecular weight is 236 g/mol. The van der Waals surface area contributed by atoms with Gasteiger partial charge < -0.3 is 4.74 Å². The van der Waals surface area contributed by atoms with Gasteiger partial charge in [-0.2, -0.15) is 10.5 Å². The maximum atomic E-state index is 8.91. The van der Waals surface area contributed by atoms with Crippen molar-refractivity contribution >= 4 is 0 Å². The lowest BCUT2D eigenvalue weighted by Crippen LogP contribution is -1.97. The smallest absolute Gasteiger partial charge is 0.177 e. The minimum Gasteiger partial charge on any atom is -0.496 e. The summed E-state index contributed by atoms with van der Waals surface area (Å²) in [4.78, 5) is 8.03. The van der Waals surface area contributed by atoms with Crippen LogP contribution in [0.15, 0.2) is 30.5 Å². The Morgan fingerprint density at radius 2 is 1.83 bits per heavy atom. The maximum absolute atomic E-state index is 8.91. The Morgan fingerprint density at radius 1 is 1.11 bits per heavy atom. The van der Waals surface area contributed by atoms with Gasteiger partial charge in [-0.05, 0) is 12.1 Å². The molecule has 1 aromatic carbocycles. The highest BCUT2D eigenvalue weighted by atomic mass is 16.5. The lowest BCUT2D eigenvalue weighted by molar-refractivity contribution is 0.416. The quantitative estimate of drug-likeness (QED) is 0.795. The molecule has 1 heterocycles. The fraction of sp³-hybridized carbons (Fsp3) is 0.0769. The highest BCUT2D eigenvalue weighted by molar-refractivity contribution is 5.67. The third-order valence-electron chi connectivity index (χ3n) is 2.37. The van der Waals surface area contributed by atoms with E-state index in [4.69, 9.17) is 15.3 Å². The van der Waals surface area contributed by atoms with Gasteiger partial charge in [0.05, 0.1) is 19.0 Å². The molecular formula is C13H8N4O. The van der Waals surface area contributed by atoms with Crippen LogP contribution in [0, 0.1) is 22.7 Å². The van der Waals surface area contributed by atoms with E-state index in [2.05, 4.69) is 9.97 Å². The SMILES string of the molecule is COc1ccccc1-c1cnc(C#N)c(C#N)n1. The van der Waals surface area contributed by atoms with Crippen molar-refractivity contribution in [3.8, 4) is 29.1 Å². The molecule has 0 unspecified atom stereocenters. The molecule has 0 aliphatic heterocycles. The normalized spacial score (nSPS) is 9.28. The summed E-state index contributed by atoms with van der Waals surface area (Å²) in [5.74, 6) is 0.639. The van der Waals surface area contributed by atoms with Gasteiger partial charge in [-0.15, -0.1) is 0 Å². The van der Waals surface area contributed by atoms with Gasteiger partial charge in [-0.3, -0.25) is 0 Å². The second-order valence-electron chi connectivity index (χ2n) is 3.38. The molecule has 0 amide bonds. The van der Waals surface area contributed by atoms with Gasteiger partial charge in [0, 0.05) is 5.56 Å². The standard InChI is InChI=1S/C13H8N4O/c1-18-13-5-3-2-4-9(13)12-8-16-10(6-14)11(7-15)17-12/h2-5,8H,1H3. The monoisotopic (exact) mass is 236 g/mol. The number of nitrogens with zero attached hydrogens (tertiary/aromatic N) is 4. The molecule has 0 saturated carbocycles. The van der Waals surface area contributed by atoms with Crippen LogP contribution in [-0.4, -0.2) is 17.1 Å². The Labute approximate surface area is 104 Å². The fourth-order valence-electron chi connectivity index (χ4n) is 1.53. The Hall–Kier alpha value is -2.92. The summed E-state index contributed by atoms with van der Waals surface area (Å²) in [5.41, 5.74) is 1.27. The van der Waals surface area contributed by atoms with Crippen molar-refractivity contribution in [1.82, 2.24) is 9.97 Å². The van der Waals surface area contributed by atoms with E-state index >= 15 is 0 Å². The summed E-state index contributed by atoms with van der Waals surface area (Å²) >= 11 is 0. The summed E-state index contributed by atoms with van der Waals surface area (Å²) in [5, 5.41) is 17.7. The van der Waals surface area contributed by atoms with E-state index in [1.807, 2.05) is 30.3 Å². The Morgan fingerprint density at radius 3 is 2.50 bits per heavy atom. The fourth-order valence-corrected chi connectivity index (χ4v) is 1.53. The molecule has 5 nitrogen and oxygen atoms in total. The van der Waals surface area contributed by atoms with Crippen LogP contribution in [-0.2, 0) is 0 Å². The summed E-state index contributed by atoms with van der Waals surface area (Å²) < 4.78 is 5.21. The van der Waals surface area contributed by atoms with Crippen molar-refractivity contribution in [3.05, 3.63) is 41.9 Å². The molecule has 0 aliphatic carbocycles. The first-order valence-corrected chi connectivity index (χ1v) is 5.10. The maximum Gasteiger partial charge on any atom is 0.177 e. The molecule has 0 radical (unpaired) electrons. The highest BCUT2D eigenvalue weighted by Gasteiger charge is 2.11. The van der Waals surface area contributed by atoms with Crippen molar-refractivity contribution in [2.24, 2.45) is 0 Å². The van der Waals surface area contributed by atoms with Crippen molar-refractivity contribution < 1.29 is 4.74 Å². The second-order valence-corrected chi connectivity index (χ2v) is 3.38. The van der Waals surface area contributed by atoms with Crippen molar-refractivity contribution in [3.63, 3.8) is 0 Å². The molecule has 0 atom stereocenters. The minimum atomic E-state index is 0.0147. The topological polar surface area (TPSA) is 82.6 Å². The Balaban J connectivity index is 2.60. The number of hydrogen-bond acceptors (Lipinski definition) is 5. The van der Waals surface area contributed by atoms with Crippen LogP contribution in [0.1, 0.15) is 11.4 Å². The number of rotatable bonds is 2. The van der Waals surface area contributed by atoms with Gasteiger partial charge in [0.25, 0.3) is 0 Å². The molecule has 0 bridgehead atoms. The molecule has 86 valence electrons. The van der Waals surface area contributed by atoms with Gasteiger partial charge in [-0.1, -0.05) is 12.1 Å². The van der Waals surface area contributed by atoms with Crippen molar-refractivity contribution in [1.29, 1.82) is 10.5 Å². The molecular weight excluding hydrogens is 228 g/mol. The largest absolute Gasteiger partial charge is 0.496 e. The second kappa shape index (κ2) is 4.94. The zero-order chi connectivity index (χ0) is 13.0. The van der Waals surface area contributed by atoms with Gasteiger partial charge in [0.15, 0.2) is 11.4 Å². The third-order valence-corrected chi connectivity index (χ3v) is 2.37.